The number of piperidine rings is 1. The number of carbonyl (C=O) groups excluding carboxylic acids is 2. The maximum Gasteiger partial charge on any atom is 0.276 e. The summed E-state index contributed by atoms with van der Waals surface area (Å²) in [5, 5.41) is 4.58. The normalized spacial score (nSPS) is 22.4. The van der Waals surface area contributed by atoms with Gasteiger partial charge in [-0.15, -0.1) is 0 Å². The SMILES string of the molecule is Cn1cc(Cl)c(C(=O)N2CC3CCC2CN(C(=O)c2ccccc2)C3)n1. The molecular formula is C19H21ClN4O2. The van der Waals surface area contributed by atoms with Gasteiger partial charge in [-0.3, -0.25) is 14.3 Å². The predicted octanol–water partition coefficient (Wildman–Crippen LogP) is 2.45. The fraction of sp³-hybridized carbons (Fsp3) is 0.421. The minimum absolute atomic E-state index is 0.00647. The fourth-order valence-corrected chi connectivity index (χ4v) is 4.26. The summed E-state index contributed by atoms with van der Waals surface area (Å²) in [6, 6.07) is 9.33. The number of amides is 2. The molecule has 7 heteroatoms. The molecule has 0 saturated carbocycles. The topological polar surface area (TPSA) is 58.4 Å². The van der Waals surface area contributed by atoms with Crippen molar-refractivity contribution in [3.05, 3.63) is 52.8 Å². The summed E-state index contributed by atoms with van der Waals surface area (Å²) in [4.78, 5) is 29.6. The molecule has 0 aliphatic carbocycles. The van der Waals surface area contributed by atoms with Gasteiger partial charge in [-0.2, -0.15) is 5.10 Å². The molecule has 0 radical (unpaired) electrons. The molecule has 3 saturated heterocycles. The second kappa shape index (κ2) is 6.76. The molecule has 2 unspecified atom stereocenters. The lowest BCUT2D eigenvalue weighted by atomic mass is 9.94. The molecule has 1 aromatic carbocycles. The Morgan fingerprint density at radius 1 is 1.08 bits per heavy atom. The minimum Gasteiger partial charge on any atom is -0.336 e. The molecule has 5 rings (SSSR count). The first-order valence-corrected chi connectivity index (χ1v) is 9.25. The maximum atomic E-state index is 13.0. The predicted molar refractivity (Wildman–Crippen MR) is 98.1 cm³/mol. The van der Waals surface area contributed by atoms with Gasteiger partial charge >= 0.3 is 0 Å². The number of carbonyl (C=O) groups is 2. The van der Waals surface area contributed by atoms with Crippen molar-refractivity contribution in [2.45, 2.75) is 18.9 Å². The van der Waals surface area contributed by atoms with Gasteiger partial charge in [-0.05, 0) is 30.9 Å². The van der Waals surface area contributed by atoms with Crippen molar-refractivity contribution in [3.63, 3.8) is 0 Å². The van der Waals surface area contributed by atoms with E-state index in [1.54, 1.807) is 17.9 Å². The Morgan fingerprint density at radius 2 is 1.85 bits per heavy atom. The van der Waals surface area contributed by atoms with Crippen LogP contribution in [0.1, 0.15) is 33.7 Å². The molecule has 6 nitrogen and oxygen atoms in total. The van der Waals surface area contributed by atoms with Crippen molar-refractivity contribution in [2.75, 3.05) is 19.6 Å². The van der Waals surface area contributed by atoms with Crippen molar-refractivity contribution in [2.24, 2.45) is 13.0 Å². The molecule has 1 aromatic heterocycles. The van der Waals surface area contributed by atoms with Gasteiger partial charge < -0.3 is 9.80 Å². The van der Waals surface area contributed by atoms with Crippen LogP contribution in [0.2, 0.25) is 5.02 Å². The molecule has 2 amide bonds. The van der Waals surface area contributed by atoms with Gasteiger partial charge in [0.15, 0.2) is 5.69 Å². The van der Waals surface area contributed by atoms with Crippen LogP contribution in [0.3, 0.4) is 0 Å². The first-order chi connectivity index (χ1) is 12.5. The van der Waals surface area contributed by atoms with Crippen molar-refractivity contribution < 1.29 is 9.59 Å². The lowest BCUT2D eigenvalue weighted by Gasteiger charge is -2.35. The Bertz CT molecular complexity index is 835. The van der Waals surface area contributed by atoms with E-state index in [1.807, 2.05) is 40.1 Å². The summed E-state index contributed by atoms with van der Waals surface area (Å²) < 4.78 is 1.55. The lowest BCUT2D eigenvalue weighted by Crippen LogP contribution is -2.48. The van der Waals surface area contributed by atoms with Crippen LogP contribution in [0, 0.1) is 5.92 Å². The van der Waals surface area contributed by atoms with Crippen LogP contribution < -0.4 is 0 Å². The average Bonchev–Trinajstić information content (AvgIpc) is 2.82. The van der Waals surface area contributed by atoms with Gasteiger partial charge in [0.2, 0.25) is 0 Å². The molecule has 136 valence electrons. The van der Waals surface area contributed by atoms with Gasteiger partial charge in [0, 0.05) is 44.5 Å². The second-order valence-electron chi connectivity index (χ2n) is 7.13. The second-order valence-corrected chi connectivity index (χ2v) is 7.54. The van der Waals surface area contributed by atoms with E-state index in [4.69, 9.17) is 11.6 Å². The van der Waals surface area contributed by atoms with E-state index < -0.39 is 0 Å². The minimum atomic E-state index is -0.140. The Morgan fingerprint density at radius 3 is 2.54 bits per heavy atom. The molecular weight excluding hydrogens is 352 g/mol. The quantitative estimate of drug-likeness (QED) is 0.813. The lowest BCUT2D eigenvalue weighted by molar-refractivity contribution is 0.0568. The molecule has 0 spiro atoms. The third-order valence-corrected chi connectivity index (χ3v) is 5.55. The maximum absolute atomic E-state index is 13.0. The number of nitrogens with zero attached hydrogens (tertiary/aromatic N) is 4. The Labute approximate surface area is 157 Å². The monoisotopic (exact) mass is 372 g/mol. The van der Waals surface area contributed by atoms with Gasteiger partial charge in [0.1, 0.15) is 0 Å². The molecule has 0 N–H and O–H groups in total. The van der Waals surface area contributed by atoms with Crippen molar-refractivity contribution >= 4 is 23.4 Å². The number of halogens is 1. The molecule has 2 bridgehead atoms. The standard InChI is InChI=1S/C19H21ClN4O2/c1-22-12-16(20)17(21-22)19(26)24-10-13-7-8-15(24)11-23(9-13)18(25)14-5-3-2-4-6-14/h2-6,12-13,15H,7-11H2,1H3. The highest BCUT2D eigenvalue weighted by Crippen LogP contribution is 2.30. The van der Waals surface area contributed by atoms with Gasteiger partial charge in [-0.25, -0.2) is 0 Å². The van der Waals surface area contributed by atoms with E-state index in [2.05, 4.69) is 5.10 Å². The van der Waals surface area contributed by atoms with E-state index >= 15 is 0 Å². The molecule has 4 heterocycles. The first-order valence-electron chi connectivity index (χ1n) is 8.87. The van der Waals surface area contributed by atoms with Crippen molar-refractivity contribution in [1.82, 2.24) is 19.6 Å². The highest BCUT2D eigenvalue weighted by atomic mass is 35.5. The number of aryl methyl sites for hydroxylation is 1. The highest BCUT2D eigenvalue weighted by molar-refractivity contribution is 6.33. The van der Waals surface area contributed by atoms with Crippen LogP contribution in [-0.2, 0) is 7.05 Å². The molecule has 3 aliphatic rings. The van der Waals surface area contributed by atoms with Crippen LogP contribution >= 0.6 is 11.6 Å². The zero-order valence-electron chi connectivity index (χ0n) is 14.6. The van der Waals surface area contributed by atoms with Gasteiger partial charge in [-0.1, -0.05) is 29.8 Å². The van der Waals surface area contributed by atoms with E-state index in [0.29, 0.717) is 35.9 Å². The zero-order chi connectivity index (χ0) is 18.3. The number of rotatable bonds is 2. The van der Waals surface area contributed by atoms with Crippen LogP contribution in [0.5, 0.6) is 0 Å². The highest BCUT2D eigenvalue weighted by Gasteiger charge is 2.40. The van der Waals surface area contributed by atoms with Crippen molar-refractivity contribution in [3.8, 4) is 0 Å². The summed E-state index contributed by atoms with van der Waals surface area (Å²) >= 11 is 6.17. The third-order valence-electron chi connectivity index (χ3n) is 5.27. The van der Waals surface area contributed by atoms with Crippen LogP contribution in [0.25, 0.3) is 0 Å². The van der Waals surface area contributed by atoms with Crippen LogP contribution in [0.15, 0.2) is 36.5 Å². The fourth-order valence-electron chi connectivity index (χ4n) is 4.00. The molecule has 3 fully saturated rings. The Kier molecular flexibility index (Phi) is 4.44. The summed E-state index contributed by atoms with van der Waals surface area (Å²) in [5.41, 5.74) is 0.988. The van der Waals surface area contributed by atoms with Crippen molar-refractivity contribution in [1.29, 1.82) is 0 Å². The largest absolute Gasteiger partial charge is 0.336 e. The number of hydrogen-bond donors (Lipinski definition) is 0. The molecule has 2 atom stereocenters. The number of benzene rings is 1. The Balaban J connectivity index is 1.56. The van der Waals surface area contributed by atoms with Crippen LogP contribution in [-0.4, -0.2) is 57.1 Å². The summed E-state index contributed by atoms with van der Waals surface area (Å²) in [6.07, 6.45) is 3.57. The molecule has 2 aromatic rings. The Hall–Kier alpha value is -2.34. The van der Waals surface area contributed by atoms with Gasteiger partial charge in [0.05, 0.1) is 5.02 Å². The molecule has 3 aliphatic heterocycles. The smallest absolute Gasteiger partial charge is 0.276 e. The number of hydrogen-bond acceptors (Lipinski definition) is 3. The van der Waals surface area contributed by atoms with Gasteiger partial charge in [0.25, 0.3) is 11.8 Å². The number of aromatic nitrogens is 2. The first kappa shape index (κ1) is 17.1. The van der Waals surface area contributed by atoms with E-state index in [1.165, 1.54) is 0 Å². The average molecular weight is 373 g/mol. The summed E-state index contributed by atoms with van der Waals surface area (Å²) in [5.74, 6) is 0.180. The van der Waals surface area contributed by atoms with Crippen LogP contribution in [0.4, 0.5) is 0 Å². The third kappa shape index (κ3) is 3.09. The number of fused-ring (bicyclic) bond motifs is 4. The van der Waals surface area contributed by atoms with E-state index in [9.17, 15) is 9.59 Å². The summed E-state index contributed by atoms with van der Waals surface area (Å²) in [7, 11) is 1.75. The zero-order valence-corrected chi connectivity index (χ0v) is 15.4. The summed E-state index contributed by atoms with van der Waals surface area (Å²) in [6.45, 7) is 1.89. The van der Waals surface area contributed by atoms with E-state index in [-0.39, 0.29) is 23.8 Å². The van der Waals surface area contributed by atoms with E-state index in [0.717, 1.165) is 12.8 Å². The molecule has 26 heavy (non-hydrogen) atoms.